The van der Waals surface area contributed by atoms with Gasteiger partial charge in [0.05, 0.1) is 6.54 Å². The number of ether oxygens (including phenoxy) is 1. The summed E-state index contributed by atoms with van der Waals surface area (Å²) in [5, 5.41) is 3.37. The first-order valence-electron chi connectivity index (χ1n) is 11.1. The molecule has 2 aliphatic rings. The van der Waals surface area contributed by atoms with Crippen LogP contribution in [0.15, 0.2) is 24.3 Å². The molecule has 0 aromatic heterocycles. The Morgan fingerprint density at radius 1 is 1.11 bits per heavy atom. The Morgan fingerprint density at radius 3 is 2.64 bits per heavy atom. The second kappa shape index (κ2) is 11.5. The average molecular weight is 388 g/mol. The second-order valence-corrected chi connectivity index (χ2v) is 8.32. The molecule has 1 atom stereocenters. The molecule has 0 amide bonds. The lowest BCUT2D eigenvalue weighted by atomic mass is 9.93. The largest absolute Gasteiger partial charge is 0.492 e. The molecule has 0 bridgehead atoms. The molecule has 3 rings (SSSR count). The van der Waals surface area contributed by atoms with E-state index in [9.17, 15) is 4.79 Å². The van der Waals surface area contributed by atoms with E-state index in [1.807, 2.05) is 0 Å². The molecule has 1 N–H and O–H groups in total. The summed E-state index contributed by atoms with van der Waals surface area (Å²) in [6.45, 7) is 10.8. The van der Waals surface area contributed by atoms with E-state index in [4.69, 9.17) is 4.74 Å². The maximum atomic E-state index is 12.1. The summed E-state index contributed by atoms with van der Waals surface area (Å²) in [7, 11) is 0. The van der Waals surface area contributed by atoms with Crippen molar-refractivity contribution in [3.05, 3.63) is 29.8 Å². The number of piperidine rings is 2. The summed E-state index contributed by atoms with van der Waals surface area (Å²) in [6, 6.07) is 8.42. The third-order valence-electron chi connectivity index (χ3n) is 5.87. The van der Waals surface area contributed by atoms with Gasteiger partial charge in [0, 0.05) is 26.1 Å². The van der Waals surface area contributed by atoms with Crippen LogP contribution < -0.4 is 10.1 Å². The highest BCUT2D eigenvalue weighted by molar-refractivity contribution is 5.81. The molecule has 5 nitrogen and oxygen atoms in total. The molecule has 2 heterocycles. The van der Waals surface area contributed by atoms with E-state index in [0.29, 0.717) is 18.2 Å². The molecule has 1 unspecified atom stereocenters. The summed E-state index contributed by atoms with van der Waals surface area (Å²) in [5.41, 5.74) is 1.25. The molecule has 5 heteroatoms. The number of hydrogen-bond donors (Lipinski definition) is 1. The molecule has 28 heavy (non-hydrogen) atoms. The van der Waals surface area contributed by atoms with Crippen LogP contribution in [0.3, 0.4) is 0 Å². The molecular weight excluding hydrogens is 350 g/mol. The van der Waals surface area contributed by atoms with E-state index in [1.54, 1.807) is 0 Å². The summed E-state index contributed by atoms with van der Waals surface area (Å²) < 4.78 is 5.93. The van der Waals surface area contributed by atoms with Gasteiger partial charge in [-0.1, -0.05) is 25.5 Å². The van der Waals surface area contributed by atoms with Crippen molar-refractivity contribution in [1.29, 1.82) is 0 Å². The number of nitrogens with one attached hydrogen (secondary N) is 1. The zero-order valence-electron chi connectivity index (χ0n) is 17.5. The average Bonchev–Trinajstić information content (AvgIpc) is 2.70. The Bertz CT molecular complexity index is 584. The number of hydrogen-bond acceptors (Lipinski definition) is 5. The van der Waals surface area contributed by atoms with Gasteiger partial charge in [0.2, 0.25) is 0 Å². The van der Waals surface area contributed by atoms with Gasteiger partial charge in [0.25, 0.3) is 0 Å². The van der Waals surface area contributed by atoms with Crippen molar-refractivity contribution in [2.24, 2.45) is 5.92 Å². The number of likely N-dealkylation sites (tertiary alicyclic amines) is 2. The van der Waals surface area contributed by atoms with Crippen LogP contribution in [0.2, 0.25) is 0 Å². The van der Waals surface area contributed by atoms with Crippen LogP contribution in [0.4, 0.5) is 0 Å². The summed E-state index contributed by atoms with van der Waals surface area (Å²) >= 11 is 0. The zero-order valence-corrected chi connectivity index (χ0v) is 17.5. The van der Waals surface area contributed by atoms with Crippen LogP contribution in [0, 0.1) is 5.92 Å². The van der Waals surface area contributed by atoms with Gasteiger partial charge in [0.15, 0.2) is 0 Å². The summed E-state index contributed by atoms with van der Waals surface area (Å²) in [5.74, 6) is 1.81. The van der Waals surface area contributed by atoms with Gasteiger partial charge in [-0.25, -0.2) is 0 Å². The number of ketones is 1. The fourth-order valence-corrected chi connectivity index (χ4v) is 4.35. The van der Waals surface area contributed by atoms with Crippen molar-refractivity contribution in [3.63, 3.8) is 0 Å². The molecule has 0 spiro atoms. The quantitative estimate of drug-likeness (QED) is 0.626. The lowest BCUT2D eigenvalue weighted by Gasteiger charge is -2.32. The molecule has 2 saturated heterocycles. The highest BCUT2D eigenvalue weighted by atomic mass is 16.5. The van der Waals surface area contributed by atoms with Gasteiger partial charge >= 0.3 is 0 Å². The van der Waals surface area contributed by atoms with Gasteiger partial charge in [0.1, 0.15) is 18.1 Å². The summed E-state index contributed by atoms with van der Waals surface area (Å²) in [4.78, 5) is 16.9. The number of benzene rings is 1. The maximum Gasteiger partial charge on any atom is 0.147 e. The van der Waals surface area contributed by atoms with Gasteiger partial charge in [-0.05, 0) is 69.1 Å². The molecular formula is C23H37N3O2. The SMILES string of the molecule is CCNCCC1CC(=O)CN(Cc2ccc(OCCN3CCCCC3)cc2)C1. The maximum absolute atomic E-state index is 12.1. The minimum atomic E-state index is 0.380. The van der Waals surface area contributed by atoms with Crippen molar-refractivity contribution < 1.29 is 9.53 Å². The molecule has 1 aromatic carbocycles. The first kappa shape index (κ1) is 21.3. The predicted octanol–water partition coefficient (Wildman–Crippen LogP) is 2.94. The Hall–Kier alpha value is -1.43. The molecule has 0 radical (unpaired) electrons. The van der Waals surface area contributed by atoms with Gasteiger partial charge in [-0.2, -0.15) is 0 Å². The van der Waals surface area contributed by atoms with E-state index >= 15 is 0 Å². The Balaban J connectivity index is 1.40. The topological polar surface area (TPSA) is 44.8 Å². The minimum absolute atomic E-state index is 0.380. The molecule has 156 valence electrons. The first-order chi connectivity index (χ1) is 13.7. The van der Waals surface area contributed by atoms with E-state index in [-0.39, 0.29) is 0 Å². The normalized spacial score (nSPS) is 21.8. The Labute approximate surface area is 170 Å². The van der Waals surface area contributed by atoms with E-state index < -0.39 is 0 Å². The van der Waals surface area contributed by atoms with Crippen molar-refractivity contribution >= 4 is 5.78 Å². The number of carbonyl (C=O) groups excluding carboxylic acids is 1. The highest BCUT2D eigenvalue weighted by Gasteiger charge is 2.25. The van der Waals surface area contributed by atoms with Crippen LogP contribution >= 0.6 is 0 Å². The van der Waals surface area contributed by atoms with Crippen molar-refractivity contribution in [1.82, 2.24) is 15.1 Å². The fourth-order valence-electron chi connectivity index (χ4n) is 4.35. The van der Waals surface area contributed by atoms with Crippen molar-refractivity contribution in [2.75, 3.05) is 52.4 Å². The third kappa shape index (κ3) is 7.19. The van der Waals surface area contributed by atoms with E-state index in [1.165, 1.54) is 37.9 Å². The van der Waals surface area contributed by atoms with Crippen LogP contribution in [-0.2, 0) is 11.3 Å². The second-order valence-electron chi connectivity index (χ2n) is 8.32. The van der Waals surface area contributed by atoms with Crippen LogP contribution in [0.25, 0.3) is 0 Å². The van der Waals surface area contributed by atoms with Crippen LogP contribution in [0.5, 0.6) is 5.75 Å². The zero-order chi connectivity index (χ0) is 19.6. The molecule has 1 aromatic rings. The number of nitrogens with zero attached hydrogens (tertiary/aromatic N) is 2. The van der Waals surface area contributed by atoms with Crippen molar-refractivity contribution in [2.45, 2.75) is 45.6 Å². The number of rotatable bonds is 10. The molecule has 0 saturated carbocycles. The molecule has 2 fully saturated rings. The first-order valence-corrected chi connectivity index (χ1v) is 11.1. The predicted molar refractivity (Wildman–Crippen MR) is 114 cm³/mol. The Morgan fingerprint density at radius 2 is 1.89 bits per heavy atom. The van der Waals surface area contributed by atoms with Crippen LogP contribution in [-0.4, -0.2) is 68.0 Å². The molecule has 2 aliphatic heterocycles. The monoisotopic (exact) mass is 387 g/mol. The lowest BCUT2D eigenvalue weighted by Crippen LogP contribution is -2.41. The van der Waals surface area contributed by atoms with Gasteiger partial charge < -0.3 is 10.1 Å². The number of Topliss-reactive ketones (excluding diaryl/α,β-unsaturated/α-hetero) is 1. The third-order valence-corrected chi connectivity index (χ3v) is 5.87. The standard InChI is InChI=1S/C23H37N3O2/c1-2-24-11-10-21-16-22(27)19-26(18-21)17-20-6-8-23(9-7-20)28-15-14-25-12-4-3-5-13-25/h6-9,21,24H,2-5,10-19H2,1H3. The highest BCUT2D eigenvalue weighted by Crippen LogP contribution is 2.20. The fraction of sp³-hybridized carbons (Fsp3) is 0.696. The smallest absolute Gasteiger partial charge is 0.147 e. The Kier molecular flexibility index (Phi) is 8.77. The molecule has 0 aliphatic carbocycles. The summed E-state index contributed by atoms with van der Waals surface area (Å²) in [6.07, 6.45) is 5.84. The number of carbonyl (C=O) groups is 1. The van der Waals surface area contributed by atoms with Gasteiger partial charge in [-0.15, -0.1) is 0 Å². The van der Waals surface area contributed by atoms with Crippen molar-refractivity contribution in [3.8, 4) is 5.75 Å². The van der Waals surface area contributed by atoms with Crippen LogP contribution in [0.1, 0.15) is 44.6 Å². The minimum Gasteiger partial charge on any atom is -0.492 e. The lowest BCUT2D eigenvalue weighted by molar-refractivity contribution is -0.124. The van der Waals surface area contributed by atoms with Gasteiger partial charge in [-0.3, -0.25) is 14.6 Å². The van der Waals surface area contributed by atoms with E-state index in [0.717, 1.165) is 57.9 Å². The van der Waals surface area contributed by atoms with E-state index in [2.05, 4.69) is 46.3 Å².